The number of anilines is 1. The first-order valence-electron chi connectivity index (χ1n) is 13.8. The summed E-state index contributed by atoms with van der Waals surface area (Å²) in [5.41, 5.74) is 4.79. The van der Waals surface area contributed by atoms with E-state index in [1.165, 1.54) is 63.6 Å². The van der Waals surface area contributed by atoms with Crippen LogP contribution >= 0.6 is 7.60 Å². The van der Waals surface area contributed by atoms with Crippen LogP contribution in [-0.4, -0.2) is 65.1 Å². The topological polar surface area (TPSA) is 171 Å². The van der Waals surface area contributed by atoms with Crippen LogP contribution in [0.25, 0.3) is 0 Å². The molecule has 13 heteroatoms. The maximum absolute atomic E-state index is 12.2. The zero-order valence-corrected chi connectivity index (χ0v) is 24.1. The minimum absolute atomic E-state index is 0.0538. The molecular weight excluding hydrogens is 533 g/mol. The normalized spacial score (nSPS) is 16.7. The van der Waals surface area contributed by atoms with Gasteiger partial charge < -0.3 is 25.0 Å². The summed E-state index contributed by atoms with van der Waals surface area (Å²) in [7, 11) is -7.41. The monoisotopic (exact) mass is 579 g/mol. The third-order valence-electron chi connectivity index (χ3n) is 6.91. The summed E-state index contributed by atoms with van der Waals surface area (Å²) in [6.07, 6.45) is 14.4. The van der Waals surface area contributed by atoms with E-state index in [1.54, 1.807) is 0 Å². The number of nitrogens with two attached hydrogens (primary N) is 1. The van der Waals surface area contributed by atoms with Crippen molar-refractivity contribution in [3.63, 3.8) is 0 Å². The third-order valence-corrected chi connectivity index (χ3v) is 9.79. The molecule has 2 rings (SSSR count). The van der Waals surface area contributed by atoms with Crippen LogP contribution in [0, 0.1) is 5.92 Å². The van der Waals surface area contributed by atoms with E-state index in [4.69, 9.17) is 15.0 Å². The van der Waals surface area contributed by atoms with Crippen molar-refractivity contribution in [2.24, 2.45) is 5.92 Å². The molecule has 1 saturated carbocycles. The van der Waals surface area contributed by atoms with Gasteiger partial charge in [-0.2, -0.15) is 4.98 Å². The number of aliphatic hydroxyl groups excluding tert-OH is 1. The van der Waals surface area contributed by atoms with Crippen LogP contribution in [0.3, 0.4) is 0 Å². The van der Waals surface area contributed by atoms with Gasteiger partial charge in [0, 0.05) is 6.20 Å². The summed E-state index contributed by atoms with van der Waals surface area (Å²) in [5.74, 6) is 1.06. The van der Waals surface area contributed by atoms with Crippen LogP contribution in [0.1, 0.15) is 83.5 Å². The average molecular weight is 580 g/mol. The lowest BCUT2D eigenvalue weighted by atomic mass is 9.81. The number of hydrogen-bond acceptors (Lipinski definition) is 9. The van der Waals surface area contributed by atoms with Gasteiger partial charge in [-0.05, 0) is 24.8 Å². The number of nitrogens with zero attached hydrogens (tertiary/aromatic N) is 2. The molecule has 0 saturated heterocycles. The van der Waals surface area contributed by atoms with Gasteiger partial charge in [0.05, 0.1) is 37.4 Å². The van der Waals surface area contributed by atoms with Gasteiger partial charge in [-0.15, -0.1) is 0 Å². The molecule has 2 unspecified atom stereocenters. The van der Waals surface area contributed by atoms with E-state index in [1.807, 2.05) is 0 Å². The quantitative estimate of drug-likeness (QED) is 0.136. The second-order valence-corrected chi connectivity index (χ2v) is 14.4. The van der Waals surface area contributed by atoms with Crippen molar-refractivity contribution in [1.82, 2.24) is 9.55 Å². The second kappa shape index (κ2) is 17.4. The third kappa shape index (κ3) is 14.2. The van der Waals surface area contributed by atoms with Gasteiger partial charge in [0.15, 0.2) is 0 Å². The zero-order chi connectivity index (χ0) is 27.9. The van der Waals surface area contributed by atoms with Crippen molar-refractivity contribution in [3.8, 4) is 0 Å². The number of hydrogen-bond donors (Lipinski definition) is 3. The number of ether oxygens (including phenoxy) is 1. The Morgan fingerprint density at radius 3 is 2.32 bits per heavy atom. The fourth-order valence-electron chi connectivity index (χ4n) is 4.39. The molecule has 1 aliphatic carbocycles. The maximum Gasteiger partial charge on any atom is 0.353 e. The van der Waals surface area contributed by atoms with Crippen LogP contribution in [-0.2, 0) is 30.2 Å². The fourth-order valence-corrected chi connectivity index (χ4v) is 6.68. The Labute approximate surface area is 226 Å². The van der Waals surface area contributed by atoms with Crippen molar-refractivity contribution >= 4 is 23.3 Å². The van der Waals surface area contributed by atoms with Crippen LogP contribution in [0.5, 0.6) is 0 Å². The van der Waals surface area contributed by atoms with E-state index in [9.17, 15) is 27.8 Å². The Morgan fingerprint density at radius 2 is 1.71 bits per heavy atom. The number of sulfone groups is 1. The van der Waals surface area contributed by atoms with Crippen molar-refractivity contribution in [2.45, 2.75) is 96.1 Å². The molecule has 0 aromatic carbocycles. The molecule has 1 aromatic heterocycles. The Bertz CT molecular complexity index is 1020. The Hall–Kier alpha value is -1.30. The highest BCUT2D eigenvalue weighted by Gasteiger charge is 2.23. The summed E-state index contributed by atoms with van der Waals surface area (Å²) in [6, 6.07) is 1.41. The van der Waals surface area contributed by atoms with Crippen LogP contribution in [0.15, 0.2) is 17.1 Å². The number of aliphatic hydroxyl groups is 1. The number of rotatable bonds is 22. The molecule has 38 heavy (non-hydrogen) atoms. The van der Waals surface area contributed by atoms with Crippen molar-refractivity contribution in [2.75, 3.05) is 36.8 Å². The lowest BCUT2D eigenvalue weighted by Crippen LogP contribution is -2.32. The Morgan fingerprint density at radius 1 is 1.08 bits per heavy atom. The first-order chi connectivity index (χ1) is 18.1. The minimum atomic E-state index is -4.17. The minimum Gasteiger partial charge on any atom is -0.394 e. The van der Waals surface area contributed by atoms with Gasteiger partial charge >= 0.3 is 13.3 Å². The molecular formula is C25H46N3O8PS. The molecule has 0 aliphatic heterocycles. The molecule has 1 aromatic rings. The first-order valence-corrected chi connectivity index (χ1v) is 17.4. The second-order valence-electron chi connectivity index (χ2n) is 10.3. The highest BCUT2D eigenvalue weighted by Crippen LogP contribution is 2.42. The summed E-state index contributed by atoms with van der Waals surface area (Å²) in [6.45, 7) is -0.807. The van der Waals surface area contributed by atoms with Crippen LogP contribution in [0.2, 0.25) is 0 Å². The molecule has 1 aliphatic rings. The summed E-state index contributed by atoms with van der Waals surface area (Å²) >= 11 is 0. The van der Waals surface area contributed by atoms with E-state index >= 15 is 0 Å². The van der Waals surface area contributed by atoms with Gasteiger partial charge in [0.25, 0.3) is 0 Å². The van der Waals surface area contributed by atoms with E-state index in [-0.39, 0.29) is 36.9 Å². The highest BCUT2D eigenvalue weighted by molar-refractivity contribution is 7.91. The first kappa shape index (κ1) is 32.9. The van der Waals surface area contributed by atoms with Crippen molar-refractivity contribution < 1.29 is 32.2 Å². The van der Waals surface area contributed by atoms with Gasteiger partial charge in [-0.3, -0.25) is 9.13 Å². The van der Waals surface area contributed by atoms with E-state index in [0.717, 1.165) is 29.7 Å². The molecule has 0 amide bonds. The largest absolute Gasteiger partial charge is 0.394 e. The molecule has 4 N–H and O–H groups in total. The number of unbranched alkanes of at least 4 members (excludes halogenated alkanes) is 7. The Balaban J connectivity index is 1.51. The standard InChI is InChI=1S/C25H46N3O8PS/c26-24-14-15-28(25(30)27-24)19-23(20-29)35-21-37(31,32)36-16-10-18-38(33,34)17-8-6-4-2-1-3-5-7-11-22-12-9-13-22/h14-15,22-23,29H,1-13,16-21H2,(H,31,32)(H2,26,27,30). The summed E-state index contributed by atoms with van der Waals surface area (Å²) < 4.78 is 48.1. The van der Waals surface area contributed by atoms with E-state index in [0.29, 0.717) is 6.42 Å². The van der Waals surface area contributed by atoms with Gasteiger partial charge in [0.1, 0.15) is 22.0 Å². The summed E-state index contributed by atoms with van der Waals surface area (Å²) in [4.78, 5) is 25.3. The van der Waals surface area contributed by atoms with Crippen LogP contribution < -0.4 is 11.4 Å². The molecule has 220 valence electrons. The highest BCUT2D eigenvalue weighted by atomic mass is 32.2. The van der Waals surface area contributed by atoms with Crippen molar-refractivity contribution in [1.29, 1.82) is 0 Å². The van der Waals surface area contributed by atoms with Gasteiger partial charge in [0.2, 0.25) is 0 Å². The average Bonchev–Trinajstić information content (AvgIpc) is 2.83. The summed E-state index contributed by atoms with van der Waals surface area (Å²) in [5, 5.41) is 9.46. The molecule has 0 radical (unpaired) electrons. The lowest BCUT2D eigenvalue weighted by molar-refractivity contribution is 0.0168. The molecule has 11 nitrogen and oxygen atoms in total. The zero-order valence-electron chi connectivity index (χ0n) is 22.4. The molecule has 0 bridgehead atoms. The van der Waals surface area contributed by atoms with Gasteiger partial charge in [-0.25, -0.2) is 13.2 Å². The molecule has 2 atom stereocenters. The molecule has 0 spiro atoms. The predicted octanol–water partition coefficient (Wildman–Crippen LogP) is 3.48. The van der Waals surface area contributed by atoms with Gasteiger partial charge in [-0.1, -0.05) is 70.6 Å². The number of nitrogen functional groups attached to an aromatic ring is 1. The number of aromatic nitrogens is 2. The Kier molecular flexibility index (Phi) is 15.1. The van der Waals surface area contributed by atoms with Crippen LogP contribution in [0.4, 0.5) is 5.82 Å². The van der Waals surface area contributed by atoms with E-state index in [2.05, 4.69) is 4.98 Å². The maximum atomic E-state index is 12.2. The SMILES string of the molecule is Nc1ccn(CC(CO)OCP(=O)(O)OCCCS(=O)(=O)CCCCCCCCCCC2CCC2)c(=O)n1. The van der Waals surface area contributed by atoms with E-state index < -0.39 is 42.2 Å². The molecule has 1 fully saturated rings. The van der Waals surface area contributed by atoms with Crippen molar-refractivity contribution in [3.05, 3.63) is 22.7 Å². The molecule has 1 heterocycles. The lowest BCUT2D eigenvalue weighted by Gasteiger charge is -2.24. The fraction of sp³-hybridized carbons (Fsp3) is 0.840. The smallest absolute Gasteiger partial charge is 0.353 e. The predicted molar refractivity (Wildman–Crippen MR) is 148 cm³/mol.